The van der Waals surface area contributed by atoms with E-state index in [4.69, 9.17) is 23.2 Å². The number of hydrogen-bond donors (Lipinski definition) is 1. The number of halogens is 4. The molecule has 2 aromatic rings. The first-order valence-electron chi connectivity index (χ1n) is 5.07. The third-order valence-electron chi connectivity index (χ3n) is 2.22. The van der Waals surface area contributed by atoms with Crippen LogP contribution in [-0.4, -0.2) is 15.7 Å². The second kappa shape index (κ2) is 5.54. The number of nitrogens with zero attached hydrogens (tertiary/aromatic N) is 2. The molecular formula is C11H7Cl2F2N3O. The summed E-state index contributed by atoms with van der Waals surface area (Å²) in [6.07, 6.45) is 1.02. The van der Waals surface area contributed by atoms with Crippen LogP contribution < -0.4 is 5.32 Å². The van der Waals surface area contributed by atoms with Gasteiger partial charge in [-0.25, -0.2) is 4.68 Å². The van der Waals surface area contributed by atoms with Crippen molar-refractivity contribution in [2.24, 2.45) is 0 Å². The number of anilines is 1. The van der Waals surface area contributed by atoms with Gasteiger partial charge in [0.2, 0.25) is 0 Å². The first kappa shape index (κ1) is 13.8. The van der Waals surface area contributed by atoms with Gasteiger partial charge in [0, 0.05) is 11.9 Å². The summed E-state index contributed by atoms with van der Waals surface area (Å²) in [7, 11) is 0. The first-order chi connectivity index (χ1) is 8.97. The van der Waals surface area contributed by atoms with Gasteiger partial charge in [-0.05, 0) is 24.3 Å². The van der Waals surface area contributed by atoms with E-state index < -0.39 is 12.5 Å². The molecule has 0 fully saturated rings. The number of amides is 1. The fraction of sp³-hybridized carbons (Fsp3) is 0.0909. The SMILES string of the molecule is O=C(Nc1ccc(Cl)c(Cl)c1)c1ccn(C(F)F)n1. The smallest absolute Gasteiger partial charge is 0.321 e. The number of aromatic nitrogens is 2. The molecule has 100 valence electrons. The summed E-state index contributed by atoms with van der Waals surface area (Å²) in [4.78, 5) is 11.7. The highest BCUT2D eigenvalue weighted by atomic mass is 35.5. The number of alkyl halides is 2. The summed E-state index contributed by atoms with van der Waals surface area (Å²) in [5.41, 5.74) is 0.275. The van der Waals surface area contributed by atoms with E-state index in [2.05, 4.69) is 10.4 Å². The standard InChI is InChI=1S/C11H7Cl2F2N3O/c12-7-2-1-6(5-8(7)13)16-10(19)9-3-4-18(17-9)11(14)15/h1-5,11H,(H,16,19). The van der Waals surface area contributed by atoms with E-state index in [9.17, 15) is 13.6 Å². The molecule has 0 bridgehead atoms. The van der Waals surface area contributed by atoms with Crippen molar-refractivity contribution in [3.05, 3.63) is 46.2 Å². The highest BCUT2D eigenvalue weighted by molar-refractivity contribution is 6.42. The lowest BCUT2D eigenvalue weighted by Gasteiger charge is -2.04. The Hall–Kier alpha value is -1.66. The summed E-state index contributed by atoms with van der Waals surface area (Å²) in [6, 6.07) is 5.69. The van der Waals surface area contributed by atoms with E-state index >= 15 is 0 Å². The summed E-state index contributed by atoms with van der Waals surface area (Å²) in [6.45, 7) is -2.79. The van der Waals surface area contributed by atoms with Crippen molar-refractivity contribution in [1.29, 1.82) is 0 Å². The lowest BCUT2D eigenvalue weighted by molar-refractivity contribution is 0.0561. The van der Waals surface area contributed by atoms with Crippen LogP contribution in [0.1, 0.15) is 17.0 Å². The molecule has 0 saturated heterocycles. The van der Waals surface area contributed by atoms with Crippen LogP contribution in [0, 0.1) is 0 Å². The molecule has 0 spiro atoms. The van der Waals surface area contributed by atoms with Gasteiger partial charge in [0.05, 0.1) is 10.0 Å². The van der Waals surface area contributed by atoms with Gasteiger partial charge in [0.1, 0.15) is 0 Å². The van der Waals surface area contributed by atoms with Crippen LogP contribution in [-0.2, 0) is 0 Å². The molecular weight excluding hydrogens is 299 g/mol. The lowest BCUT2D eigenvalue weighted by Crippen LogP contribution is -2.13. The molecule has 2 rings (SSSR count). The van der Waals surface area contributed by atoms with Crippen LogP contribution in [0.3, 0.4) is 0 Å². The Labute approximate surface area is 116 Å². The average molecular weight is 306 g/mol. The number of nitrogens with one attached hydrogen (secondary N) is 1. The van der Waals surface area contributed by atoms with E-state index in [1.54, 1.807) is 0 Å². The van der Waals surface area contributed by atoms with E-state index in [0.29, 0.717) is 15.4 Å². The summed E-state index contributed by atoms with van der Waals surface area (Å²) < 4.78 is 25.0. The van der Waals surface area contributed by atoms with Gasteiger partial charge in [-0.2, -0.15) is 13.9 Å². The first-order valence-corrected chi connectivity index (χ1v) is 5.82. The molecule has 1 aromatic carbocycles. The van der Waals surface area contributed by atoms with Crippen LogP contribution >= 0.6 is 23.2 Å². The molecule has 1 aromatic heterocycles. The number of carbonyl (C=O) groups is 1. The van der Waals surface area contributed by atoms with Crippen molar-refractivity contribution >= 4 is 34.8 Å². The predicted octanol–water partition coefficient (Wildman–Crippen LogP) is 3.84. The van der Waals surface area contributed by atoms with Crippen molar-refractivity contribution < 1.29 is 13.6 Å². The third kappa shape index (κ3) is 3.21. The Morgan fingerprint density at radius 2 is 2.00 bits per heavy atom. The molecule has 0 aliphatic heterocycles. The lowest BCUT2D eigenvalue weighted by atomic mass is 10.3. The highest BCUT2D eigenvalue weighted by Gasteiger charge is 2.13. The maximum atomic E-state index is 12.3. The van der Waals surface area contributed by atoms with Gasteiger partial charge >= 0.3 is 6.55 Å². The molecule has 1 heterocycles. The van der Waals surface area contributed by atoms with Crippen LogP contribution in [0.25, 0.3) is 0 Å². The van der Waals surface area contributed by atoms with Crippen molar-refractivity contribution in [2.75, 3.05) is 5.32 Å². The van der Waals surface area contributed by atoms with Gasteiger partial charge < -0.3 is 5.32 Å². The van der Waals surface area contributed by atoms with Gasteiger partial charge in [-0.15, -0.1) is 0 Å². The van der Waals surface area contributed by atoms with E-state index in [0.717, 1.165) is 6.20 Å². The zero-order valence-corrected chi connectivity index (χ0v) is 10.8. The molecule has 0 aliphatic rings. The fourth-order valence-corrected chi connectivity index (χ4v) is 1.63. The number of benzene rings is 1. The predicted molar refractivity (Wildman–Crippen MR) is 67.9 cm³/mol. The minimum Gasteiger partial charge on any atom is -0.321 e. The molecule has 4 nitrogen and oxygen atoms in total. The van der Waals surface area contributed by atoms with E-state index in [-0.39, 0.29) is 10.7 Å². The third-order valence-corrected chi connectivity index (χ3v) is 2.96. The molecule has 0 atom stereocenters. The van der Waals surface area contributed by atoms with Crippen LogP contribution in [0.5, 0.6) is 0 Å². The van der Waals surface area contributed by atoms with Gasteiger partial charge in [0.25, 0.3) is 5.91 Å². The molecule has 1 amide bonds. The maximum absolute atomic E-state index is 12.3. The van der Waals surface area contributed by atoms with E-state index in [1.165, 1.54) is 24.3 Å². The fourth-order valence-electron chi connectivity index (χ4n) is 1.34. The minimum absolute atomic E-state index is 0.119. The zero-order valence-electron chi connectivity index (χ0n) is 9.28. The average Bonchev–Trinajstić information content (AvgIpc) is 2.83. The van der Waals surface area contributed by atoms with Gasteiger partial charge in [-0.1, -0.05) is 23.2 Å². The van der Waals surface area contributed by atoms with Crippen LogP contribution in [0.15, 0.2) is 30.5 Å². The highest BCUT2D eigenvalue weighted by Crippen LogP contribution is 2.25. The molecule has 1 N–H and O–H groups in total. The number of hydrogen-bond acceptors (Lipinski definition) is 2. The second-order valence-electron chi connectivity index (χ2n) is 3.54. The van der Waals surface area contributed by atoms with E-state index in [1.807, 2.05) is 0 Å². The molecule has 19 heavy (non-hydrogen) atoms. The zero-order chi connectivity index (χ0) is 14.0. The summed E-state index contributed by atoms with van der Waals surface area (Å²) in [5, 5.41) is 6.54. The molecule has 8 heteroatoms. The van der Waals surface area contributed by atoms with Crippen molar-refractivity contribution in [2.45, 2.75) is 6.55 Å². The quantitative estimate of drug-likeness (QED) is 0.936. The second-order valence-corrected chi connectivity index (χ2v) is 4.36. The molecule has 0 saturated carbocycles. The molecule has 0 aliphatic carbocycles. The monoisotopic (exact) mass is 305 g/mol. The molecule has 0 radical (unpaired) electrons. The number of rotatable bonds is 3. The summed E-state index contributed by atoms with van der Waals surface area (Å²) in [5.74, 6) is -0.613. The topological polar surface area (TPSA) is 46.9 Å². The normalized spacial score (nSPS) is 10.8. The van der Waals surface area contributed by atoms with Crippen LogP contribution in [0.2, 0.25) is 10.0 Å². The Kier molecular flexibility index (Phi) is 4.01. The van der Waals surface area contributed by atoms with Gasteiger partial charge in [0.15, 0.2) is 5.69 Å². The Morgan fingerprint density at radius 1 is 1.26 bits per heavy atom. The van der Waals surface area contributed by atoms with Crippen molar-refractivity contribution in [3.8, 4) is 0 Å². The number of carbonyl (C=O) groups excluding carboxylic acids is 1. The van der Waals surface area contributed by atoms with Gasteiger partial charge in [-0.3, -0.25) is 4.79 Å². The minimum atomic E-state index is -2.79. The largest absolute Gasteiger partial charge is 0.333 e. The van der Waals surface area contributed by atoms with Crippen molar-refractivity contribution in [1.82, 2.24) is 9.78 Å². The van der Waals surface area contributed by atoms with Crippen molar-refractivity contribution in [3.63, 3.8) is 0 Å². The molecule has 0 unspecified atom stereocenters. The maximum Gasteiger partial charge on any atom is 0.333 e. The Morgan fingerprint density at radius 3 is 2.58 bits per heavy atom. The Balaban J connectivity index is 2.13. The Bertz CT molecular complexity index is 616. The van der Waals surface area contributed by atoms with Crippen LogP contribution in [0.4, 0.5) is 14.5 Å². The summed E-state index contributed by atoms with van der Waals surface area (Å²) >= 11 is 11.5.